The normalized spacial score (nSPS) is 10.6. The van der Waals surface area contributed by atoms with Crippen molar-refractivity contribution in [3.63, 3.8) is 0 Å². The Morgan fingerprint density at radius 2 is 2.14 bits per heavy atom. The fraction of sp³-hybridized carbons (Fsp3) is 0.308. The lowest BCUT2D eigenvalue weighted by Crippen LogP contribution is -2.29. The lowest BCUT2D eigenvalue weighted by atomic mass is 10.1. The first-order valence-corrected chi connectivity index (χ1v) is 5.81. The van der Waals surface area contributed by atoms with E-state index in [1.54, 1.807) is 6.07 Å². The molecule has 0 saturated heterocycles. The maximum Gasteiger partial charge on any atom is 0.419 e. The lowest BCUT2D eigenvalue weighted by molar-refractivity contribution is -0.139. The summed E-state index contributed by atoms with van der Waals surface area (Å²) in [4.78, 5) is 21.8. The molecule has 21 heavy (non-hydrogen) atoms. The highest BCUT2D eigenvalue weighted by Crippen LogP contribution is 2.36. The Morgan fingerprint density at radius 3 is 2.71 bits per heavy atom. The van der Waals surface area contributed by atoms with E-state index in [0.29, 0.717) is 6.07 Å². The van der Waals surface area contributed by atoms with Gasteiger partial charge in [-0.25, -0.2) is 0 Å². The summed E-state index contributed by atoms with van der Waals surface area (Å²) in [6.45, 7) is -0.524. The molecule has 1 N–H and O–H groups in total. The van der Waals surface area contributed by atoms with Gasteiger partial charge in [-0.3, -0.25) is 9.59 Å². The van der Waals surface area contributed by atoms with Crippen LogP contribution in [-0.4, -0.2) is 25.3 Å². The van der Waals surface area contributed by atoms with Crippen LogP contribution in [0.15, 0.2) is 18.2 Å². The number of carbonyl (C=O) groups is 2. The van der Waals surface area contributed by atoms with Gasteiger partial charge in [0, 0.05) is 12.1 Å². The first-order valence-electron chi connectivity index (χ1n) is 5.81. The van der Waals surface area contributed by atoms with Crippen molar-refractivity contribution in [3.8, 4) is 11.8 Å². The quantitative estimate of drug-likeness (QED) is 0.643. The molecule has 112 valence electrons. The fourth-order valence-corrected chi connectivity index (χ4v) is 1.42. The van der Waals surface area contributed by atoms with E-state index in [9.17, 15) is 22.8 Å². The highest BCUT2D eigenvalue weighted by atomic mass is 19.4. The molecular weight excluding hydrogens is 289 g/mol. The summed E-state index contributed by atoms with van der Waals surface area (Å²) >= 11 is 0. The third kappa shape index (κ3) is 5.14. The van der Waals surface area contributed by atoms with E-state index in [0.717, 1.165) is 12.1 Å². The van der Waals surface area contributed by atoms with Gasteiger partial charge in [0.2, 0.25) is 0 Å². The molecule has 0 aliphatic rings. The van der Waals surface area contributed by atoms with Crippen LogP contribution < -0.4 is 10.1 Å². The molecule has 0 radical (unpaired) electrons. The third-order valence-corrected chi connectivity index (χ3v) is 2.36. The van der Waals surface area contributed by atoms with Crippen LogP contribution in [0.5, 0.6) is 5.75 Å². The number of aldehydes is 1. The SMILES string of the molecule is N#CCCNC(=O)COc1ccc(C=O)cc1C(F)(F)F. The minimum atomic E-state index is -4.70. The number of hydrogen-bond donors (Lipinski definition) is 1. The van der Waals surface area contributed by atoms with Crippen LogP contribution in [0.4, 0.5) is 13.2 Å². The van der Waals surface area contributed by atoms with Crippen LogP contribution in [-0.2, 0) is 11.0 Å². The maximum atomic E-state index is 12.8. The van der Waals surface area contributed by atoms with Gasteiger partial charge < -0.3 is 10.1 Å². The molecule has 0 aliphatic carbocycles. The van der Waals surface area contributed by atoms with Crippen molar-refractivity contribution in [1.29, 1.82) is 5.26 Å². The van der Waals surface area contributed by atoms with E-state index in [4.69, 9.17) is 10.00 Å². The number of alkyl halides is 3. The van der Waals surface area contributed by atoms with Crippen LogP contribution in [0, 0.1) is 11.3 Å². The van der Waals surface area contributed by atoms with Crippen molar-refractivity contribution in [2.24, 2.45) is 0 Å². The van der Waals surface area contributed by atoms with Crippen molar-refractivity contribution < 1.29 is 27.5 Å². The molecule has 0 fully saturated rings. The zero-order chi connectivity index (χ0) is 15.9. The summed E-state index contributed by atoms with van der Waals surface area (Å²) in [6.07, 6.45) is -4.33. The molecule has 1 amide bonds. The maximum absolute atomic E-state index is 12.8. The summed E-state index contributed by atoms with van der Waals surface area (Å²) in [5.74, 6) is -1.18. The van der Waals surface area contributed by atoms with E-state index in [1.807, 2.05) is 0 Å². The lowest BCUT2D eigenvalue weighted by Gasteiger charge is -2.14. The Bertz CT molecular complexity index is 565. The number of benzene rings is 1. The van der Waals surface area contributed by atoms with Crippen LogP contribution in [0.1, 0.15) is 22.3 Å². The zero-order valence-corrected chi connectivity index (χ0v) is 10.7. The van der Waals surface area contributed by atoms with Crippen molar-refractivity contribution in [3.05, 3.63) is 29.3 Å². The highest BCUT2D eigenvalue weighted by molar-refractivity contribution is 5.78. The van der Waals surface area contributed by atoms with Crippen molar-refractivity contribution in [1.82, 2.24) is 5.32 Å². The topological polar surface area (TPSA) is 79.2 Å². The Balaban J connectivity index is 2.77. The number of nitriles is 1. The standard InChI is InChI=1S/C13H11F3N2O3/c14-13(15,16)10-6-9(7-19)2-3-11(10)21-8-12(20)18-5-1-4-17/h2-3,6-7H,1,5,8H2,(H,18,20). The first kappa shape index (κ1) is 16.5. The predicted molar refractivity (Wildman–Crippen MR) is 65.6 cm³/mol. The Morgan fingerprint density at radius 1 is 1.43 bits per heavy atom. The minimum Gasteiger partial charge on any atom is -0.483 e. The summed E-state index contributed by atoms with van der Waals surface area (Å²) in [5.41, 5.74) is -1.27. The molecule has 5 nitrogen and oxygen atoms in total. The highest BCUT2D eigenvalue weighted by Gasteiger charge is 2.34. The van der Waals surface area contributed by atoms with Gasteiger partial charge in [-0.1, -0.05) is 0 Å². The second-order valence-corrected chi connectivity index (χ2v) is 3.92. The van der Waals surface area contributed by atoms with Gasteiger partial charge in [0.15, 0.2) is 6.61 Å². The summed E-state index contributed by atoms with van der Waals surface area (Å²) in [7, 11) is 0. The predicted octanol–water partition coefficient (Wildman–Crippen LogP) is 1.93. The molecule has 0 unspecified atom stereocenters. The number of nitrogens with one attached hydrogen (secondary N) is 1. The zero-order valence-electron chi connectivity index (χ0n) is 10.7. The van der Waals surface area contributed by atoms with Crippen molar-refractivity contribution in [2.45, 2.75) is 12.6 Å². The number of amides is 1. The Hall–Kier alpha value is -2.56. The molecule has 0 saturated carbocycles. The second-order valence-electron chi connectivity index (χ2n) is 3.92. The molecule has 8 heteroatoms. The molecular formula is C13H11F3N2O3. The van der Waals surface area contributed by atoms with Crippen LogP contribution in [0.3, 0.4) is 0 Å². The van der Waals surface area contributed by atoms with Gasteiger partial charge in [0.05, 0.1) is 18.1 Å². The number of nitrogens with zero attached hydrogens (tertiary/aromatic N) is 1. The molecule has 1 aromatic rings. The minimum absolute atomic E-state index is 0.0908. The molecule has 1 aromatic carbocycles. The molecule has 0 heterocycles. The molecule has 0 aromatic heterocycles. The van der Waals surface area contributed by atoms with Gasteiger partial charge >= 0.3 is 6.18 Å². The summed E-state index contributed by atoms with van der Waals surface area (Å²) < 4.78 is 43.2. The smallest absolute Gasteiger partial charge is 0.419 e. The van der Waals surface area contributed by atoms with Gasteiger partial charge in [-0.2, -0.15) is 18.4 Å². The summed E-state index contributed by atoms with van der Waals surface area (Å²) in [6, 6.07) is 4.59. The van der Waals surface area contributed by atoms with Gasteiger partial charge in [-0.15, -0.1) is 0 Å². The van der Waals surface area contributed by atoms with Gasteiger partial charge in [-0.05, 0) is 18.2 Å². The van der Waals surface area contributed by atoms with Crippen molar-refractivity contribution >= 4 is 12.2 Å². The fourth-order valence-electron chi connectivity index (χ4n) is 1.42. The first-order chi connectivity index (χ1) is 9.88. The molecule has 0 spiro atoms. The van der Waals surface area contributed by atoms with Gasteiger partial charge in [0.25, 0.3) is 5.91 Å². The average Bonchev–Trinajstić information content (AvgIpc) is 2.44. The van der Waals surface area contributed by atoms with Crippen molar-refractivity contribution in [2.75, 3.05) is 13.2 Å². The molecule has 0 atom stereocenters. The number of halogens is 3. The number of ether oxygens (including phenoxy) is 1. The van der Waals surface area contributed by atoms with Gasteiger partial charge in [0.1, 0.15) is 12.0 Å². The largest absolute Gasteiger partial charge is 0.483 e. The van der Waals surface area contributed by atoms with E-state index in [-0.39, 0.29) is 24.8 Å². The monoisotopic (exact) mass is 300 g/mol. The molecule has 1 rings (SSSR count). The van der Waals surface area contributed by atoms with E-state index in [2.05, 4.69) is 5.32 Å². The van der Waals surface area contributed by atoms with Crippen LogP contribution in [0.2, 0.25) is 0 Å². The molecule has 0 bridgehead atoms. The number of carbonyl (C=O) groups excluding carboxylic acids is 2. The van der Waals surface area contributed by atoms with Crippen LogP contribution >= 0.6 is 0 Å². The second kappa shape index (κ2) is 7.28. The van der Waals surface area contributed by atoms with E-state index in [1.165, 1.54) is 0 Å². The van der Waals surface area contributed by atoms with E-state index >= 15 is 0 Å². The van der Waals surface area contributed by atoms with Crippen LogP contribution in [0.25, 0.3) is 0 Å². The Kier molecular flexibility index (Phi) is 5.72. The van der Waals surface area contributed by atoms with E-state index < -0.39 is 30.0 Å². The number of rotatable bonds is 6. The molecule has 0 aliphatic heterocycles. The summed E-state index contributed by atoms with van der Waals surface area (Å²) in [5, 5.41) is 10.6. The average molecular weight is 300 g/mol. The Labute approximate surface area is 118 Å². The number of hydrogen-bond acceptors (Lipinski definition) is 4. The third-order valence-electron chi connectivity index (χ3n) is 2.36.